The minimum Gasteiger partial charge on any atom is -0.387 e. The van der Waals surface area contributed by atoms with Gasteiger partial charge in [-0.1, -0.05) is 5.21 Å². The van der Waals surface area contributed by atoms with Crippen molar-refractivity contribution in [1.29, 1.82) is 0 Å². The highest BCUT2D eigenvalue weighted by Crippen LogP contribution is 2.62. The van der Waals surface area contributed by atoms with Crippen molar-refractivity contribution in [3.63, 3.8) is 0 Å². The maximum atomic E-state index is 10.5. The van der Waals surface area contributed by atoms with Crippen LogP contribution in [0.3, 0.4) is 0 Å². The molecule has 0 saturated heterocycles. The SMILES string of the molecule is Cn1nncc1C(O)CC12CC3CC(CC(C3)C1)C2. The van der Waals surface area contributed by atoms with E-state index in [0.29, 0.717) is 5.41 Å². The standard InChI is InChI=1S/C15H23N3O/c1-18-13(9-16-17-18)14(19)8-15-5-10-2-11(6-15)4-12(3-10)7-15/h9-12,14,19H,2-8H2,1H3. The van der Waals surface area contributed by atoms with Gasteiger partial charge in [-0.3, -0.25) is 0 Å². The third kappa shape index (κ3) is 1.92. The van der Waals surface area contributed by atoms with Gasteiger partial charge in [0, 0.05) is 7.05 Å². The van der Waals surface area contributed by atoms with E-state index in [2.05, 4.69) is 10.3 Å². The normalized spacial score (nSPS) is 41.7. The lowest BCUT2D eigenvalue weighted by molar-refractivity contribution is -0.0772. The minimum atomic E-state index is -0.392. The first-order valence-electron chi connectivity index (χ1n) is 7.66. The highest BCUT2D eigenvalue weighted by Gasteiger charge is 2.51. The zero-order chi connectivity index (χ0) is 13.0. The summed E-state index contributed by atoms with van der Waals surface area (Å²) in [7, 11) is 1.87. The lowest BCUT2D eigenvalue weighted by Gasteiger charge is -2.57. The van der Waals surface area contributed by atoms with Crippen molar-refractivity contribution in [3.8, 4) is 0 Å². The second-order valence-electron chi connectivity index (χ2n) is 7.42. The first-order chi connectivity index (χ1) is 9.13. The molecule has 0 amide bonds. The highest BCUT2D eigenvalue weighted by atomic mass is 16.3. The van der Waals surface area contributed by atoms with E-state index < -0.39 is 6.10 Å². The van der Waals surface area contributed by atoms with Gasteiger partial charge in [-0.05, 0) is 68.1 Å². The fraction of sp³-hybridized carbons (Fsp3) is 0.867. The van der Waals surface area contributed by atoms with Gasteiger partial charge in [0.15, 0.2) is 0 Å². The highest BCUT2D eigenvalue weighted by molar-refractivity contribution is 5.06. The minimum absolute atomic E-state index is 0.392. The lowest BCUT2D eigenvalue weighted by Crippen LogP contribution is -2.46. The van der Waals surface area contributed by atoms with Crippen LogP contribution in [0.5, 0.6) is 0 Å². The van der Waals surface area contributed by atoms with Crippen molar-refractivity contribution >= 4 is 0 Å². The molecule has 1 aromatic heterocycles. The molecule has 4 fully saturated rings. The summed E-state index contributed by atoms with van der Waals surface area (Å²) < 4.78 is 1.71. The number of hydrogen-bond donors (Lipinski definition) is 1. The van der Waals surface area contributed by atoms with Crippen LogP contribution in [0.1, 0.15) is 56.7 Å². The van der Waals surface area contributed by atoms with Gasteiger partial charge in [-0.15, -0.1) is 5.10 Å². The molecule has 1 unspecified atom stereocenters. The number of rotatable bonds is 3. The molecule has 19 heavy (non-hydrogen) atoms. The predicted molar refractivity (Wildman–Crippen MR) is 71.2 cm³/mol. The van der Waals surface area contributed by atoms with Crippen LogP contribution in [0.15, 0.2) is 6.20 Å². The van der Waals surface area contributed by atoms with Gasteiger partial charge in [0.1, 0.15) is 0 Å². The summed E-state index contributed by atoms with van der Waals surface area (Å²) in [6.45, 7) is 0. The molecule has 1 N–H and O–H groups in total. The second kappa shape index (κ2) is 4.05. The monoisotopic (exact) mass is 261 g/mol. The van der Waals surface area contributed by atoms with E-state index in [1.165, 1.54) is 38.5 Å². The van der Waals surface area contributed by atoms with Crippen LogP contribution in [0, 0.1) is 23.2 Å². The first kappa shape index (κ1) is 11.9. The number of nitrogens with zero attached hydrogens (tertiary/aromatic N) is 3. The van der Waals surface area contributed by atoms with Crippen LogP contribution in [0.4, 0.5) is 0 Å². The average Bonchev–Trinajstić information content (AvgIpc) is 2.72. The summed E-state index contributed by atoms with van der Waals surface area (Å²) in [5.74, 6) is 2.84. The van der Waals surface area contributed by atoms with Gasteiger partial charge in [0.05, 0.1) is 18.0 Å². The Kier molecular flexibility index (Phi) is 2.53. The van der Waals surface area contributed by atoms with Crippen molar-refractivity contribution in [2.24, 2.45) is 30.2 Å². The zero-order valence-corrected chi connectivity index (χ0v) is 11.6. The van der Waals surface area contributed by atoms with Crippen LogP contribution in [-0.2, 0) is 7.05 Å². The second-order valence-corrected chi connectivity index (χ2v) is 7.42. The molecule has 4 saturated carbocycles. The molecule has 0 aromatic carbocycles. The Morgan fingerprint density at radius 3 is 2.32 bits per heavy atom. The van der Waals surface area contributed by atoms with Crippen molar-refractivity contribution in [1.82, 2.24) is 15.0 Å². The molecule has 1 heterocycles. The van der Waals surface area contributed by atoms with E-state index in [0.717, 1.165) is 29.9 Å². The predicted octanol–water partition coefficient (Wildman–Crippen LogP) is 2.46. The van der Waals surface area contributed by atoms with Crippen molar-refractivity contribution in [3.05, 3.63) is 11.9 Å². The summed E-state index contributed by atoms with van der Waals surface area (Å²) in [5, 5.41) is 18.4. The van der Waals surface area contributed by atoms with E-state index >= 15 is 0 Å². The van der Waals surface area contributed by atoms with E-state index in [-0.39, 0.29) is 0 Å². The Hall–Kier alpha value is -0.900. The molecular formula is C15H23N3O. The Morgan fingerprint density at radius 2 is 1.84 bits per heavy atom. The van der Waals surface area contributed by atoms with Crippen LogP contribution in [-0.4, -0.2) is 20.1 Å². The third-order valence-corrected chi connectivity index (χ3v) is 5.88. The van der Waals surface area contributed by atoms with Crippen molar-refractivity contribution < 1.29 is 5.11 Å². The molecule has 4 nitrogen and oxygen atoms in total. The van der Waals surface area contributed by atoms with Crippen LogP contribution in [0.2, 0.25) is 0 Å². The van der Waals surface area contributed by atoms with Gasteiger partial charge in [-0.2, -0.15) is 0 Å². The Bertz CT molecular complexity index is 446. The summed E-state index contributed by atoms with van der Waals surface area (Å²) in [6, 6.07) is 0. The Balaban J connectivity index is 1.55. The molecule has 104 valence electrons. The Labute approximate surface area is 114 Å². The number of aryl methyl sites for hydroxylation is 1. The van der Waals surface area contributed by atoms with E-state index in [9.17, 15) is 5.11 Å². The van der Waals surface area contributed by atoms with E-state index in [1.54, 1.807) is 10.9 Å². The van der Waals surface area contributed by atoms with Crippen LogP contribution >= 0.6 is 0 Å². The molecule has 1 aromatic rings. The topological polar surface area (TPSA) is 50.9 Å². The molecule has 4 heteroatoms. The van der Waals surface area contributed by atoms with Gasteiger partial charge in [0.25, 0.3) is 0 Å². The molecule has 4 aliphatic rings. The number of aromatic nitrogens is 3. The fourth-order valence-electron chi connectivity index (χ4n) is 5.65. The molecule has 4 bridgehead atoms. The summed E-state index contributed by atoms with van der Waals surface area (Å²) in [6.07, 6.45) is 10.7. The first-order valence-corrected chi connectivity index (χ1v) is 7.66. The smallest absolute Gasteiger partial charge is 0.0978 e. The summed E-state index contributed by atoms with van der Waals surface area (Å²) in [4.78, 5) is 0. The van der Waals surface area contributed by atoms with Crippen molar-refractivity contribution in [2.75, 3.05) is 0 Å². The number of hydrogen-bond acceptors (Lipinski definition) is 3. The molecule has 1 atom stereocenters. The van der Waals surface area contributed by atoms with E-state index in [4.69, 9.17) is 0 Å². The van der Waals surface area contributed by atoms with Gasteiger partial charge in [0.2, 0.25) is 0 Å². The summed E-state index contributed by atoms with van der Waals surface area (Å²) in [5.41, 5.74) is 1.29. The molecular weight excluding hydrogens is 238 g/mol. The molecule has 0 radical (unpaired) electrons. The van der Waals surface area contributed by atoms with Gasteiger partial charge in [-0.25, -0.2) is 4.68 Å². The maximum Gasteiger partial charge on any atom is 0.0978 e. The molecule has 0 aliphatic heterocycles. The lowest BCUT2D eigenvalue weighted by atomic mass is 9.48. The Morgan fingerprint density at radius 1 is 1.26 bits per heavy atom. The van der Waals surface area contributed by atoms with Gasteiger partial charge >= 0.3 is 0 Å². The summed E-state index contributed by atoms with van der Waals surface area (Å²) >= 11 is 0. The van der Waals surface area contributed by atoms with Crippen LogP contribution < -0.4 is 0 Å². The van der Waals surface area contributed by atoms with E-state index in [1.807, 2.05) is 7.05 Å². The average molecular weight is 261 g/mol. The zero-order valence-electron chi connectivity index (χ0n) is 11.6. The van der Waals surface area contributed by atoms with Gasteiger partial charge < -0.3 is 5.11 Å². The number of aliphatic hydroxyl groups excluding tert-OH is 1. The maximum absolute atomic E-state index is 10.5. The van der Waals surface area contributed by atoms with Crippen LogP contribution in [0.25, 0.3) is 0 Å². The molecule has 4 aliphatic carbocycles. The molecule has 0 spiro atoms. The largest absolute Gasteiger partial charge is 0.387 e. The third-order valence-electron chi connectivity index (χ3n) is 5.88. The van der Waals surface area contributed by atoms with Crippen molar-refractivity contribution in [2.45, 2.75) is 51.0 Å². The molecule has 5 rings (SSSR count). The fourth-order valence-corrected chi connectivity index (χ4v) is 5.65. The quantitative estimate of drug-likeness (QED) is 0.909. The number of aliphatic hydroxyl groups is 1.